The maximum Gasteiger partial charge on any atom is 0.272 e. The Kier molecular flexibility index (Phi) is 2.29. The van der Waals surface area contributed by atoms with E-state index in [0.717, 1.165) is 0 Å². The fourth-order valence-corrected chi connectivity index (χ4v) is 1.75. The first-order chi connectivity index (χ1) is 8.25. The minimum atomic E-state index is -0.416. The summed E-state index contributed by atoms with van der Waals surface area (Å²) >= 11 is 0. The minimum Gasteiger partial charge on any atom is -0.377 e. The number of hydrogen-bond donors (Lipinski definition) is 2. The normalized spacial score (nSPS) is 15.8. The number of carbonyl (C=O) groups excluding carboxylic acids is 1. The molecule has 0 radical (unpaired) electrons. The molecule has 1 aromatic carbocycles. The molecule has 1 fully saturated rings. The van der Waals surface area contributed by atoms with Crippen molar-refractivity contribution in [1.82, 2.24) is 15.5 Å². The van der Waals surface area contributed by atoms with Gasteiger partial charge in [0.15, 0.2) is 5.69 Å². The van der Waals surface area contributed by atoms with Crippen molar-refractivity contribution in [2.75, 3.05) is 13.2 Å². The molecule has 1 aliphatic rings. The Hall–Kier alpha value is -1.95. The van der Waals surface area contributed by atoms with Gasteiger partial charge in [-0.05, 0) is 6.07 Å². The number of para-hydroxylation sites is 1. The lowest BCUT2D eigenvalue weighted by Gasteiger charge is -2.26. The van der Waals surface area contributed by atoms with E-state index in [9.17, 15) is 9.18 Å². The highest BCUT2D eigenvalue weighted by Gasteiger charge is 2.23. The van der Waals surface area contributed by atoms with Crippen LogP contribution in [-0.2, 0) is 4.74 Å². The van der Waals surface area contributed by atoms with Crippen LogP contribution in [0.4, 0.5) is 4.39 Å². The molecule has 6 heteroatoms. The van der Waals surface area contributed by atoms with E-state index >= 15 is 0 Å². The molecule has 1 aliphatic heterocycles. The number of aromatic amines is 1. The Labute approximate surface area is 96.0 Å². The molecule has 2 aromatic rings. The number of halogens is 1. The lowest BCUT2D eigenvalue weighted by atomic mass is 10.2. The third kappa shape index (κ3) is 1.66. The summed E-state index contributed by atoms with van der Waals surface area (Å²) in [6.45, 7) is 1.03. The molecule has 88 valence electrons. The van der Waals surface area contributed by atoms with E-state index in [2.05, 4.69) is 15.5 Å². The van der Waals surface area contributed by atoms with Gasteiger partial charge in [-0.25, -0.2) is 4.39 Å². The van der Waals surface area contributed by atoms with Crippen LogP contribution < -0.4 is 5.32 Å². The van der Waals surface area contributed by atoms with E-state index < -0.39 is 5.82 Å². The van der Waals surface area contributed by atoms with Crippen molar-refractivity contribution in [2.24, 2.45) is 0 Å². The summed E-state index contributed by atoms with van der Waals surface area (Å²) in [5.41, 5.74) is 0.467. The van der Waals surface area contributed by atoms with E-state index in [1.54, 1.807) is 12.1 Å². The zero-order chi connectivity index (χ0) is 11.8. The van der Waals surface area contributed by atoms with Crippen LogP contribution in [0, 0.1) is 5.82 Å². The number of benzene rings is 1. The third-order valence-corrected chi connectivity index (χ3v) is 2.74. The molecular weight excluding hydrogens is 225 g/mol. The van der Waals surface area contributed by atoms with E-state index in [1.807, 2.05) is 0 Å². The lowest BCUT2D eigenvalue weighted by Crippen LogP contribution is -2.48. The predicted octanol–water partition coefficient (Wildman–Crippen LogP) is 0.831. The van der Waals surface area contributed by atoms with Crippen LogP contribution in [0.5, 0.6) is 0 Å². The topological polar surface area (TPSA) is 67.0 Å². The number of H-pyrrole nitrogens is 1. The molecule has 1 amide bonds. The van der Waals surface area contributed by atoms with Gasteiger partial charge in [0, 0.05) is 5.39 Å². The van der Waals surface area contributed by atoms with Gasteiger partial charge in [0.05, 0.1) is 19.3 Å². The van der Waals surface area contributed by atoms with E-state index in [-0.39, 0.29) is 23.2 Å². The zero-order valence-electron chi connectivity index (χ0n) is 8.87. The van der Waals surface area contributed by atoms with E-state index in [0.29, 0.717) is 18.6 Å². The molecule has 0 saturated carbocycles. The number of carbonyl (C=O) groups is 1. The van der Waals surface area contributed by atoms with Crippen molar-refractivity contribution >= 4 is 16.8 Å². The molecule has 0 unspecified atom stereocenters. The maximum absolute atomic E-state index is 13.4. The van der Waals surface area contributed by atoms with Crippen LogP contribution in [0.1, 0.15) is 10.5 Å². The van der Waals surface area contributed by atoms with Gasteiger partial charge >= 0.3 is 0 Å². The second-order valence-electron chi connectivity index (χ2n) is 3.94. The Balaban J connectivity index is 1.94. The third-order valence-electron chi connectivity index (χ3n) is 2.74. The Morgan fingerprint density at radius 1 is 1.53 bits per heavy atom. The summed E-state index contributed by atoms with van der Waals surface area (Å²) in [5, 5.41) is 9.63. The highest BCUT2D eigenvalue weighted by atomic mass is 19.1. The van der Waals surface area contributed by atoms with Crippen molar-refractivity contribution < 1.29 is 13.9 Å². The monoisotopic (exact) mass is 235 g/mol. The Bertz CT molecular complexity index is 577. The molecule has 2 N–H and O–H groups in total. The van der Waals surface area contributed by atoms with Crippen LogP contribution in [0.15, 0.2) is 18.2 Å². The molecule has 0 spiro atoms. The predicted molar refractivity (Wildman–Crippen MR) is 58.1 cm³/mol. The standard InChI is InChI=1S/C11H10FN3O2/c12-8-3-1-2-7-9(8)14-15-10(7)11(16)13-6-4-17-5-6/h1-3,6H,4-5H2,(H,13,16)(H,14,15). The fourth-order valence-electron chi connectivity index (χ4n) is 1.75. The van der Waals surface area contributed by atoms with Crippen LogP contribution in [0.25, 0.3) is 10.9 Å². The number of rotatable bonds is 2. The van der Waals surface area contributed by atoms with Crippen LogP contribution >= 0.6 is 0 Å². The molecule has 1 saturated heterocycles. The van der Waals surface area contributed by atoms with Gasteiger partial charge in [-0.15, -0.1) is 0 Å². The number of ether oxygens (including phenoxy) is 1. The minimum absolute atomic E-state index is 0.0304. The molecule has 3 rings (SSSR count). The number of fused-ring (bicyclic) bond motifs is 1. The molecule has 2 heterocycles. The second kappa shape index (κ2) is 3.81. The summed E-state index contributed by atoms with van der Waals surface area (Å²) in [4.78, 5) is 11.9. The number of aromatic nitrogens is 2. The van der Waals surface area contributed by atoms with Crippen molar-refractivity contribution in [3.05, 3.63) is 29.7 Å². The lowest BCUT2D eigenvalue weighted by molar-refractivity contribution is -0.00352. The van der Waals surface area contributed by atoms with Gasteiger partial charge in [0.1, 0.15) is 11.3 Å². The number of nitrogens with zero attached hydrogens (tertiary/aromatic N) is 1. The Morgan fingerprint density at radius 3 is 3.06 bits per heavy atom. The van der Waals surface area contributed by atoms with Crippen molar-refractivity contribution in [3.63, 3.8) is 0 Å². The summed E-state index contributed by atoms with van der Waals surface area (Å²) in [6.07, 6.45) is 0. The van der Waals surface area contributed by atoms with Crippen LogP contribution in [0.2, 0.25) is 0 Å². The fraction of sp³-hybridized carbons (Fsp3) is 0.273. The highest BCUT2D eigenvalue weighted by molar-refractivity contribution is 6.04. The second-order valence-corrected chi connectivity index (χ2v) is 3.94. The molecule has 0 aliphatic carbocycles. The summed E-state index contributed by atoms with van der Waals surface area (Å²) in [5.74, 6) is -0.726. The van der Waals surface area contributed by atoms with E-state index in [4.69, 9.17) is 4.74 Å². The average Bonchev–Trinajstić information content (AvgIpc) is 2.68. The summed E-state index contributed by atoms with van der Waals surface area (Å²) in [6, 6.07) is 4.56. The van der Waals surface area contributed by atoms with E-state index in [1.165, 1.54) is 6.07 Å². The molecule has 5 nitrogen and oxygen atoms in total. The first-order valence-corrected chi connectivity index (χ1v) is 5.27. The molecule has 17 heavy (non-hydrogen) atoms. The largest absolute Gasteiger partial charge is 0.377 e. The SMILES string of the molecule is O=C(NC1COC1)c1n[nH]c2c(F)cccc12. The zero-order valence-corrected chi connectivity index (χ0v) is 8.87. The first kappa shape index (κ1) is 10.2. The van der Waals surface area contributed by atoms with Crippen molar-refractivity contribution in [2.45, 2.75) is 6.04 Å². The molecular formula is C11H10FN3O2. The maximum atomic E-state index is 13.4. The van der Waals surface area contributed by atoms with Gasteiger partial charge in [-0.2, -0.15) is 5.10 Å². The molecule has 0 atom stereocenters. The van der Waals surface area contributed by atoms with Gasteiger partial charge in [-0.1, -0.05) is 12.1 Å². The number of nitrogens with one attached hydrogen (secondary N) is 2. The number of hydrogen-bond acceptors (Lipinski definition) is 3. The van der Waals surface area contributed by atoms with Crippen molar-refractivity contribution in [3.8, 4) is 0 Å². The Morgan fingerprint density at radius 2 is 2.35 bits per heavy atom. The first-order valence-electron chi connectivity index (χ1n) is 5.27. The van der Waals surface area contributed by atoms with Gasteiger partial charge in [0.25, 0.3) is 5.91 Å². The van der Waals surface area contributed by atoms with Crippen molar-refractivity contribution in [1.29, 1.82) is 0 Å². The summed E-state index contributed by atoms with van der Waals surface area (Å²) < 4.78 is 18.3. The smallest absolute Gasteiger partial charge is 0.272 e. The van der Waals surface area contributed by atoms with Crippen LogP contribution in [0.3, 0.4) is 0 Å². The average molecular weight is 235 g/mol. The van der Waals surface area contributed by atoms with Gasteiger partial charge in [-0.3, -0.25) is 9.89 Å². The summed E-state index contributed by atoms with van der Waals surface area (Å²) in [7, 11) is 0. The molecule has 1 aromatic heterocycles. The highest BCUT2D eigenvalue weighted by Crippen LogP contribution is 2.18. The van der Waals surface area contributed by atoms with Gasteiger partial charge in [0.2, 0.25) is 0 Å². The molecule has 0 bridgehead atoms. The number of amides is 1. The quantitative estimate of drug-likeness (QED) is 0.810. The van der Waals surface area contributed by atoms with Crippen LogP contribution in [-0.4, -0.2) is 35.4 Å². The van der Waals surface area contributed by atoms with Gasteiger partial charge < -0.3 is 10.1 Å².